The third-order valence-corrected chi connectivity index (χ3v) is 4.86. The van der Waals surface area contributed by atoms with Gasteiger partial charge in [0.2, 0.25) is 0 Å². The molecule has 6 heteroatoms. The van der Waals surface area contributed by atoms with Crippen LogP contribution in [0.1, 0.15) is 32.1 Å². The van der Waals surface area contributed by atoms with Crippen molar-refractivity contribution in [3.63, 3.8) is 0 Å². The molecule has 20 heavy (non-hydrogen) atoms. The molecule has 0 spiro atoms. The summed E-state index contributed by atoms with van der Waals surface area (Å²) in [6.45, 7) is 2.18. The predicted molar refractivity (Wildman–Crippen MR) is 80.3 cm³/mol. The molecule has 1 N–H and O–H groups in total. The summed E-state index contributed by atoms with van der Waals surface area (Å²) in [6, 6.07) is 1.13. The number of likely N-dealkylation sites (tertiary alicyclic amines) is 1. The molecule has 1 saturated heterocycles. The Morgan fingerprint density at radius 3 is 2.85 bits per heavy atom. The van der Waals surface area contributed by atoms with Crippen LogP contribution in [-0.4, -0.2) is 39.9 Å². The molecule has 2 fully saturated rings. The molecule has 2 aliphatic rings. The molecule has 3 rings (SSSR count). The van der Waals surface area contributed by atoms with Crippen LogP contribution in [0.5, 0.6) is 0 Å². The van der Waals surface area contributed by atoms with Crippen LogP contribution < -0.4 is 10.9 Å². The van der Waals surface area contributed by atoms with Gasteiger partial charge in [-0.1, -0.05) is 24.4 Å². The van der Waals surface area contributed by atoms with E-state index in [4.69, 9.17) is 11.6 Å². The van der Waals surface area contributed by atoms with E-state index in [1.807, 2.05) is 0 Å². The van der Waals surface area contributed by atoms with Gasteiger partial charge < -0.3 is 5.32 Å². The van der Waals surface area contributed by atoms with Gasteiger partial charge in [-0.25, -0.2) is 4.68 Å². The summed E-state index contributed by atoms with van der Waals surface area (Å²) in [5, 5.41) is 7.64. The minimum atomic E-state index is -0.248. The molecule has 0 unspecified atom stereocenters. The van der Waals surface area contributed by atoms with Gasteiger partial charge in [-0.15, -0.1) is 0 Å². The first-order valence-electron chi connectivity index (χ1n) is 7.37. The van der Waals surface area contributed by atoms with Crippen LogP contribution in [0, 0.1) is 0 Å². The van der Waals surface area contributed by atoms with Crippen LogP contribution >= 0.6 is 11.6 Å². The number of hydrogen-bond donors (Lipinski definition) is 1. The standard InChI is InChI=1S/C14H21ClN4O/c1-18-14(20)13(15)12(8-16-18)17-10-6-7-19(9-10)11-4-2-3-5-11/h8,10-11,17H,2-7,9H2,1H3/t10-/m1/s1. The largest absolute Gasteiger partial charge is 0.378 e. The average Bonchev–Trinajstić information content (AvgIpc) is 3.10. The van der Waals surface area contributed by atoms with E-state index >= 15 is 0 Å². The van der Waals surface area contributed by atoms with Gasteiger partial charge in [0.25, 0.3) is 5.56 Å². The Hall–Kier alpha value is -1.07. The molecule has 1 aromatic heterocycles. The second-order valence-electron chi connectivity index (χ2n) is 5.86. The van der Waals surface area contributed by atoms with Crippen molar-refractivity contribution >= 4 is 17.3 Å². The molecule has 0 amide bonds. The minimum absolute atomic E-state index is 0.238. The lowest BCUT2D eigenvalue weighted by atomic mass is 10.2. The van der Waals surface area contributed by atoms with Crippen molar-refractivity contribution < 1.29 is 0 Å². The molecule has 0 aromatic carbocycles. The Kier molecular flexibility index (Phi) is 3.98. The van der Waals surface area contributed by atoms with E-state index in [9.17, 15) is 4.79 Å². The van der Waals surface area contributed by atoms with Crippen LogP contribution in [-0.2, 0) is 7.05 Å². The van der Waals surface area contributed by atoms with Crippen LogP contribution in [0.4, 0.5) is 5.69 Å². The highest BCUT2D eigenvalue weighted by Crippen LogP contribution is 2.28. The minimum Gasteiger partial charge on any atom is -0.378 e. The molecular formula is C14H21ClN4O. The highest BCUT2D eigenvalue weighted by Gasteiger charge is 2.30. The molecule has 0 bridgehead atoms. The number of halogens is 1. The third-order valence-electron chi connectivity index (χ3n) is 4.50. The SMILES string of the molecule is Cn1ncc(N[C@@H]2CCN(C3CCCC3)C2)c(Cl)c1=O. The third kappa shape index (κ3) is 2.69. The van der Waals surface area contributed by atoms with Crippen LogP contribution in [0.25, 0.3) is 0 Å². The Morgan fingerprint density at radius 1 is 1.35 bits per heavy atom. The topological polar surface area (TPSA) is 50.2 Å². The zero-order valence-corrected chi connectivity index (χ0v) is 12.6. The molecule has 0 radical (unpaired) electrons. The molecule has 5 nitrogen and oxygen atoms in total. The van der Waals surface area contributed by atoms with Gasteiger partial charge in [-0.05, 0) is 19.3 Å². The van der Waals surface area contributed by atoms with E-state index in [1.54, 1.807) is 13.2 Å². The number of nitrogens with one attached hydrogen (secondary N) is 1. The first-order valence-corrected chi connectivity index (χ1v) is 7.75. The van der Waals surface area contributed by atoms with Crippen LogP contribution in [0.3, 0.4) is 0 Å². The number of aryl methyl sites for hydroxylation is 1. The van der Waals surface area contributed by atoms with Crippen LogP contribution in [0.2, 0.25) is 5.02 Å². The number of aromatic nitrogens is 2. The molecule has 2 heterocycles. The smallest absolute Gasteiger partial charge is 0.287 e. The van der Waals surface area contributed by atoms with Gasteiger partial charge >= 0.3 is 0 Å². The van der Waals surface area contributed by atoms with Crippen molar-refractivity contribution in [2.45, 2.75) is 44.2 Å². The van der Waals surface area contributed by atoms with E-state index in [2.05, 4.69) is 15.3 Å². The summed E-state index contributed by atoms with van der Waals surface area (Å²) in [5.74, 6) is 0. The summed E-state index contributed by atoms with van der Waals surface area (Å²) in [5.41, 5.74) is 0.412. The summed E-state index contributed by atoms with van der Waals surface area (Å²) in [4.78, 5) is 14.3. The maximum absolute atomic E-state index is 11.8. The first kappa shape index (κ1) is 13.9. The van der Waals surface area contributed by atoms with Crippen molar-refractivity contribution in [2.75, 3.05) is 18.4 Å². The molecule has 110 valence electrons. The fraction of sp³-hybridized carbons (Fsp3) is 0.714. The Morgan fingerprint density at radius 2 is 2.10 bits per heavy atom. The van der Waals surface area contributed by atoms with Crippen molar-refractivity contribution in [1.82, 2.24) is 14.7 Å². The second kappa shape index (κ2) is 5.74. The van der Waals surface area contributed by atoms with Crippen molar-refractivity contribution in [3.8, 4) is 0 Å². The number of rotatable bonds is 3. The Balaban J connectivity index is 1.64. The zero-order chi connectivity index (χ0) is 14.1. The van der Waals surface area contributed by atoms with Crippen molar-refractivity contribution in [3.05, 3.63) is 21.6 Å². The number of hydrogen-bond acceptors (Lipinski definition) is 4. The lowest BCUT2D eigenvalue weighted by Crippen LogP contribution is -2.33. The van der Waals surface area contributed by atoms with E-state index in [1.165, 1.54) is 30.4 Å². The zero-order valence-electron chi connectivity index (χ0n) is 11.8. The van der Waals surface area contributed by atoms with Crippen molar-refractivity contribution in [2.24, 2.45) is 7.05 Å². The normalized spacial score (nSPS) is 24.4. The van der Waals surface area contributed by atoms with Gasteiger partial charge in [0.05, 0.1) is 11.9 Å². The summed E-state index contributed by atoms with van der Waals surface area (Å²) < 4.78 is 1.26. The highest BCUT2D eigenvalue weighted by atomic mass is 35.5. The maximum atomic E-state index is 11.8. The lowest BCUT2D eigenvalue weighted by Gasteiger charge is -2.23. The van der Waals surface area contributed by atoms with Gasteiger partial charge in [0.1, 0.15) is 5.02 Å². The quantitative estimate of drug-likeness (QED) is 0.925. The molecule has 1 aliphatic heterocycles. The molecular weight excluding hydrogens is 276 g/mol. The van der Waals surface area contributed by atoms with Gasteiger partial charge in [0.15, 0.2) is 0 Å². The molecule has 1 atom stereocenters. The Bertz CT molecular complexity index is 538. The second-order valence-corrected chi connectivity index (χ2v) is 6.24. The fourth-order valence-electron chi connectivity index (χ4n) is 3.34. The lowest BCUT2D eigenvalue weighted by molar-refractivity contribution is 0.245. The number of anilines is 1. The Labute approximate surface area is 123 Å². The van der Waals surface area contributed by atoms with E-state index in [0.29, 0.717) is 11.7 Å². The molecule has 1 aromatic rings. The highest BCUT2D eigenvalue weighted by molar-refractivity contribution is 6.32. The first-order chi connectivity index (χ1) is 9.65. The predicted octanol–water partition coefficient (Wildman–Crippen LogP) is 1.86. The van der Waals surface area contributed by atoms with Crippen LogP contribution in [0.15, 0.2) is 11.0 Å². The summed E-state index contributed by atoms with van der Waals surface area (Å²) in [6.07, 6.45) is 8.14. The summed E-state index contributed by atoms with van der Waals surface area (Å²) >= 11 is 6.09. The molecule has 1 saturated carbocycles. The van der Waals surface area contributed by atoms with Gasteiger partial charge in [-0.2, -0.15) is 5.10 Å². The van der Waals surface area contributed by atoms with Gasteiger partial charge in [-0.3, -0.25) is 9.69 Å². The van der Waals surface area contributed by atoms with Gasteiger partial charge in [0, 0.05) is 32.2 Å². The molecule has 1 aliphatic carbocycles. The van der Waals surface area contributed by atoms with E-state index in [-0.39, 0.29) is 10.6 Å². The average molecular weight is 297 g/mol. The van der Waals surface area contributed by atoms with E-state index < -0.39 is 0 Å². The maximum Gasteiger partial charge on any atom is 0.287 e. The summed E-state index contributed by atoms with van der Waals surface area (Å²) in [7, 11) is 1.61. The monoisotopic (exact) mass is 296 g/mol. The number of nitrogens with zero attached hydrogens (tertiary/aromatic N) is 3. The van der Waals surface area contributed by atoms with E-state index in [0.717, 1.165) is 25.6 Å². The fourth-order valence-corrected chi connectivity index (χ4v) is 3.56. The van der Waals surface area contributed by atoms with Crippen molar-refractivity contribution in [1.29, 1.82) is 0 Å².